The van der Waals surface area contributed by atoms with Crippen molar-refractivity contribution in [3.8, 4) is 11.1 Å². The molecule has 0 radical (unpaired) electrons. The number of fused-ring (bicyclic) bond motifs is 1. The molecule has 0 bridgehead atoms. The van der Waals surface area contributed by atoms with Gasteiger partial charge in [-0.2, -0.15) is 0 Å². The van der Waals surface area contributed by atoms with E-state index in [2.05, 4.69) is 25.5 Å². The summed E-state index contributed by atoms with van der Waals surface area (Å²) in [5.74, 6) is -0.180. The van der Waals surface area contributed by atoms with E-state index in [1.165, 1.54) is 34.4 Å². The highest BCUT2D eigenvalue weighted by Gasteiger charge is 2.22. The Balaban J connectivity index is 1.56. The topological polar surface area (TPSA) is 101 Å². The summed E-state index contributed by atoms with van der Waals surface area (Å²) >= 11 is 4.04. The van der Waals surface area contributed by atoms with Crippen molar-refractivity contribution in [2.24, 2.45) is 0 Å². The van der Waals surface area contributed by atoms with Crippen LogP contribution in [0.4, 0.5) is 5.13 Å². The molecule has 4 aromatic rings. The second kappa shape index (κ2) is 9.07. The highest BCUT2D eigenvalue weighted by atomic mass is 32.2. The molecule has 4 rings (SSSR count). The smallest absolute Gasteiger partial charge is 0.260 e. The lowest BCUT2D eigenvalue weighted by Gasteiger charge is -2.12. The molecule has 1 atom stereocenters. The maximum absolute atomic E-state index is 12.8. The van der Waals surface area contributed by atoms with Crippen molar-refractivity contribution < 1.29 is 4.79 Å². The van der Waals surface area contributed by atoms with E-state index in [4.69, 9.17) is 0 Å². The number of thioether (sulfide) groups is 1. The lowest BCUT2D eigenvalue weighted by molar-refractivity contribution is -0.115. The SMILES string of the molecule is CCc1nnc(NC(=O)C(CC)Sc2nc3scc(-c4ccccc4)c3c(=O)[nH]2)s1. The van der Waals surface area contributed by atoms with Crippen molar-refractivity contribution >= 4 is 55.7 Å². The Kier molecular flexibility index (Phi) is 6.26. The fourth-order valence-corrected chi connectivity index (χ4v) is 5.49. The number of aromatic amines is 1. The van der Waals surface area contributed by atoms with Crippen LogP contribution >= 0.6 is 34.4 Å². The normalized spacial score (nSPS) is 12.2. The van der Waals surface area contributed by atoms with Gasteiger partial charge in [0.1, 0.15) is 9.84 Å². The van der Waals surface area contributed by atoms with Crippen LogP contribution in [0.3, 0.4) is 0 Å². The van der Waals surface area contributed by atoms with Crippen LogP contribution in [0.2, 0.25) is 0 Å². The highest BCUT2D eigenvalue weighted by molar-refractivity contribution is 8.00. The molecule has 30 heavy (non-hydrogen) atoms. The first-order valence-electron chi connectivity index (χ1n) is 9.45. The average Bonchev–Trinajstić information content (AvgIpc) is 3.39. The maximum atomic E-state index is 12.8. The second-order valence-electron chi connectivity index (χ2n) is 6.43. The minimum Gasteiger partial charge on any atom is -0.301 e. The molecule has 7 nitrogen and oxygen atoms in total. The van der Waals surface area contributed by atoms with Gasteiger partial charge in [-0.1, -0.05) is 67.3 Å². The molecule has 0 saturated carbocycles. The third kappa shape index (κ3) is 4.30. The Labute approximate surface area is 185 Å². The molecule has 1 aromatic carbocycles. The number of thiophene rings is 1. The summed E-state index contributed by atoms with van der Waals surface area (Å²) in [5.41, 5.74) is 1.65. The number of nitrogens with one attached hydrogen (secondary N) is 2. The number of hydrogen-bond donors (Lipinski definition) is 2. The molecule has 3 heterocycles. The Morgan fingerprint density at radius 1 is 1.23 bits per heavy atom. The number of aryl methyl sites for hydroxylation is 1. The minimum atomic E-state index is -0.409. The number of amides is 1. The number of H-pyrrole nitrogens is 1. The van der Waals surface area contributed by atoms with Crippen molar-refractivity contribution in [1.29, 1.82) is 0 Å². The summed E-state index contributed by atoms with van der Waals surface area (Å²) in [6.45, 7) is 3.91. The number of hydrogen-bond acceptors (Lipinski definition) is 8. The predicted molar refractivity (Wildman–Crippen MR) is 124 cm³/mol. The molecular weight excluding hydrogens is 438 g/mol. The van der Waals surface area contributed by atoms with E-state index in [-0.39, 0.29) is 11.5 Å². The third-order valence-electron chi connectivity index (χ3n) is 4.42. The van der Waals surface area contributed by atoms with Gasteiger partial charge in [0.25, 0.3) is 5.56 Å². The number of benzene rings is 1. The van der Waals surface area contributed by atoms with Crippen LogP contribution in [0.25, 0.3) is 21.3 Å². The summed E-state index contributed by atoms with van der Waals surface area (Å²) in [6, 6.07) is 9.76. The average molecular weight is 458 g/mol. The molecular formula is C20H19N5O2S3. The first-order chi connectivity index (χ1) is 14.6. The van der Waals surface area contributed by atoms with Crippen LogP contribution in [0.5, 0.6) is 0 Å². The zero-order chi connectivity index (χ0) is 21.1. The number of carbonyl (C=O) groups excluding carboxylic acids is 1. The van der Waals surface area contributed by atoms with E-state index in [1.54, 1.807) is 0 Å². The number of rotatable bonds is 7. The van der Waals surface area contributed by atoms with Gasteiger partial charge in [0.05, 0.1) is 10.6 Å². The second-order valence-corrected chi connectivity index (χ2v) is 9.54. The van der Waals surface area contributed by atoms with Gasteiger partial charge >= 0.3 is 0 Å². The van der Waals surface area contributed by atoms with Crippen molar-refractivity contribution in [2.45, 2.75) is 37.1 Å². The van der Waals surface area contributed by atoms with E-state index >= 15 is 0 Å². The van der Waals surface area contributed by atoms with Gasteiger partial charge in [-0.3, -0.25) is 14.9 Å². The van der Waals surface area contributed by atoms with Gasteiger partial charge in [-0.15, -0.1) is 21.5 Å². The molecule has 0 saturated heterocycles. The van der Waals surface area contributed by atoms with E-state index < -0.39 is 5.25 Å². The Hall–Kier alpha value is -2.56. The van der Waals surface area contributed by atoms with Crippen LogP contribution < -0.4 is 10.9 Å². The van der Waals surface area contributed by atoms with Crippen LogP contribution in [0.1, 0.15) is 25.3 Å². The highest BCUT2D eigenvalue weighted by Crippen LogP contribution is 2.32. The molecule has 3 aromatic heterocycles. The van der Waals surface area contributed by atoms with Crippen molar-refractivity contribution in [3.63, 3.8) is 0 Å². The third-order valence-corrected chi connectivity index (χ3v) is 7.53. The van der Waals surface area contributed by atoms with Gasteiger partial charge in [0, 0.05) is 10.9 Å². The standard InChI is InChI=1S/C20H19N5O2S3/c1-3-13(16(26)21-20-25-24-14(4-2)30-20)29-19-22-17(27)15-12(10-28-18(15)23-19)11-8-6-5-7-9-11/h5-10,13H,3-4H2,1-2H3,(H,21,25,26)(H,22,23,27). The molecule has 1 unspecified atom stereocenters. The fraction of sp³-hybridized carbons (Fsp3) is 0.250. The number of anilines is 1. The van der Waals surface area contributed by atoms with Gasteiger partial charge in [0.15, 0.2) is 5.16 Å². The van der Waals surface area contributed by atoms with Crippen molar-refractivity contribution in [3.05, 3.63) is 51.1 Å². The molecule has 0 spiro atoms. The van der Waals surface area contributed by atoms with Crippen molar-refractivity contribution in [2.75, 3.05) is 5.32 Å². The Bertz CT molecular complexity index is 1230. The van der Waals surface area contributed by atoms with Crippen LogP contribution in [-0.2, 0) is 11.2 Å². The zero-order valence-electron chi connectivity index (χ0n) is 16.3. The molecule has 0 aliphatic rings. The Morgan fingerprint density at radius 2 is 2.03 bits per heavy atom. The molecule has 1 amide bonds. The lowest BCUT2D eigenvalue weighted by atomic mass is 10.1. The summed E-state index contributed by atoms with van der Waals surface area (Å²) in [7, 11) is 0. The zero-order valence-corrected chi connectivity index (χ0v) is 18.8. The molecule has 0 aliphatic carbocycles. The summed E-state index contributed by atoms with van der Waals surface area (Å²) in [4.78, 5) is 33.6. The lowest BCUT2D eigenvalue weighted by Crippen LogP contribution is -2.25. The quantitative estimate of drug-likeness (QED) is 0.311. The van der Waals surface area contributed by atoms with Gasteiger partial charge < -0.3 is 4.98 Å². The van der Waals surface area contributed by atoms with Crippen LogP contribution in [0, 0.1) is 0 Å². The van der Waals surface area contributed by atoms with E-state index in [9.17, 15) is 9.59 Å². The fourth-order valence-electron chi connectivity index (χ4n) is 2.91. The first kappa shape index (κ1) is 20.7. The molecule has 2 N–H and O–H groups in total. The number of carbonyl (C=O) groups is 1. The van der Waals surface area contributed by atoms with Crippen molar-refractivity contribution in [1.82, 2.24) is 20.2 Å². The van der Waals surface area contributed by atoms with Crippen LogP contribution in [0.15, 0.2) is 45.7 Å². The molecule has 0 fully saturated rings. The largest absolute Gasteiger partial charge is 0.301 e. The predicted octanol–water partition coefficient (Wildman–Crippen LogP) is 4.57. The number of nitrogens with zero attached hydrogens (tertiary/aromatic N) is 3. The summed E-state index contributed by atoms with van der Waals surface area (Å²) < 4.78 is 0. The first-order valence-corrected chi connectivity index (χ1v) is 12.0. The van der Waals surface area contributed by atoms with Gasteiger partial charge in [0.2, 0.25) is 11.0 Å². The van der Waals surface area contributed by atoms with E-state index in [0.717, 1.165) is 22.6 Å². The van der Waals surface area contributed by atoms with Crippen LogP contribution in [-0.4, -0.2) is 31.3 Å². The van der Waals surface area contributed by atoms with E-state index in [1.807, 2.05) is 49.6 Å². The Morgan fingerprint density at radius 3 is 2.73 bits per heavy atom. The molecule has 0 aliphatic heterocycles. The van der Waals surface area contributed by atoms with Gasteiger partial charge in [-0.25, -0.2) is 4.98 Å². The summed E-state index contributed by atoms with van der Waals surface area (Å²) in [5, 5.41) is 14.7. The maximum Gasteiger partial charge on any atom is 0.260 e. The molecule has 154 valence electrons. The molecule has 10 heteroatoms. The minimum absolute atomic E-state index is 0.180. The monoisotopic (exact) mass is 457 g/mol. The summed E-state index contributed by atoms with van der Waals surface area (Å²) in [6.07, 6.45) is 1.35. The van der Waals surface area contributed by atoms with Gasteiger partial charge in [-0.05, 0) is 18.4 Å². The number of aromatic nitrogens is 4. The van der Waals surface area contributed by atoms with E-state index in [0.29, 0.717) is 26.9 Å².